The molecule has 0 atom stereocenters. The van der Waals surface area contributed by atoms with Gasteiger partial charge in [-0.15, -0.1) is 0 Å². The van der Waals surface area contributed by atoms with Crippen LogP contribution in [0.2, 0.25) is 0 Å². The van der Waals surface area contributed by atoms with E-state index in [0.717, 1.165) is 0 Å². The van der Waals surface area contributed by atoms with E-state index < -0.39 is 57.8 Å². The molecule has 0 aliphatic heterocycles. The van der Waals surface area contributed by atoms with Crippen LogP contribution in [0.1, 0.15) is 39.0 Å². The van der Waals surface area contributed by atoms with Gasteiger partial charge < -0.3 is 4.55 Å². The second kappa shape index (κ2) is 9.28. The van der Waals surface area contributed by atoms with E-state index in [1.165, 1.54) is 6.92 Å². The maximum Gasteiger partial charge on any atom is 1.00 e. The molecule has 0 aliphatic carbocycles. The molecule has 0 saturated heterocycles. The van der Waals surface area contributed by atoms with E-state index in [1.807, 2.05) is 0 Å². The molecule has 0 bridgehead atoms. The van der Waals surface area contributed by atoms with Crippen LogP contribution >= 0.6 is 0 Å². The van der Waals surface area contributed by atoms with Crippen molar-refractivity contribution in [2.24, 2.45) is 0 Å². The molecule has 29 heavy (non-hydrogen) atoms. The van der Waals surface area contributed by atoms with Crippen LogP contribution in [0.5, 0.6) is 0 Å². The number of unbranched alkanes of at least 4 members (excludes halogenated alkanes) is 3. The van der Waals surface area contributed by atoms with Gasteiger partial charge in [0.2, 0.25) is 0 Å². The van der Waals surface area contributed by atoms with Crippen LogP contribution in [0.3, 0.4) is 0 Å². The van der Waals surface area contributed by atoms with Crippen molar-refractivity contribution in [1.82, 2.24) is 0 Å². The fourth-order valence-corrected chi connectivity index (χ4v) is 2.34. The number of hydrogen-bond donors (Lipinski definition) is 0. The Hall–Kier alpha value is 0.0700. The van der Waals surface area contributed by atoms with Crippen LogP contribution in [-0.4, -0.2) is 47.8 Å². The first kappa shape index (κ1) is 31.3. The monoisotopic (exact) mass is 488 g/mol. The standard InChI is InChI=1S/C12H14F12O3S.Na/c1-2-3-4-5-6-7(13,14)8(15,16)9(17,18)10(19,20)11(21,22)12(23,24)28(25,26)27;/h2-6H2,1H3,(H,25,26,27);/q;+1/p-1. The Morgan fingerprint density at radius 1 is 0.655 bits per heavy atom. The SMILES string of the molecule is CCCCCCC(F)(F)C(F)(F)C(F)(F)C(F)(F)C(F)(F)C(F)(F)S(=O)(=O)[O-].[Na+]. The molecule has 0 amide bonds. The Morgan fingerprint density at radius 2 is 1.03 bits per heavy atom. The van der Waals surface area contributed by atoms with Crippen molar-refractivity contribution in [3.63, 3.8) is 0 Å². The second-order valence-corrected chi connectivity index (χ2v) is 7.20. The first-order valence-corrected chi connectivity index (χ1v) is 8.69. The zero-order valence-corrected chi connectivity index (χ0v) is 17.5. The minimum Gasteiger partial charge on any atom is -0.743 e. The van der Waals surface area contributed by atoms with Crippen molar-refractivity contribution >= 4 is 10.1 Å². The molecule has 3 nitrogen and oxygen atoms in total. The zero-order valence-electron chi connectivity index (χ0n) is 14.7. The van der Waals surface area contributed by atoms with E-state index >= 15 is 0 Å². The number of rotatable bonds is 11. The van der Waals surface area contributed by atoms with Crippen molar-refractivity contribution in [3.8, 4) is 0 Å². The van der Waals surface area contributed by atoms with Gasteiger partial charge in [-0.2, -0.15) is 52.7 Å². The first-order chi connectivity index (χ1) is 12.1. The van der Waals surface area contributed by atoms with E-state index in [9.17, 15) is 65.7 Å². The van der Waals surface area contributed by atoms with Gasteiger partial charge in [-0.1, -0.05) is 26.2 Å². The Bertz CT molecular complexity index is 651. The molecule has 0 aromatic rings. The molecule has 0 aromatic carbocycles. The van der Waals surface area contributed by atoms with Crippen molar-refractivity contribution in [2.45, 2.75) is 73.9 Å². The van der Waals surface area contributed by atoms with Gasteiger partial charge in [0.1, 0.15) is 0 Å². The molecule has 170 valence electrons. The maximum atomic E-state index is 13.4. The average molecular weight is 488 g/mol. The van der Waals surface area contributed by atoms with E-state index in [2.05, 4.69) is 0 Å². The average Bonchev–Trinajstić information content (AvgIpc) is 2.49. The van der Waals surface area contributed by atoms with Gasteiger partial charge in [-0.3, -0.25) is 0 Å². The zero-order chi connectivity index (χ0) is 23.0. The summed E-state index contributed by atoms with van der Waals surface area (Å²) in [6, 6.07) is 0. The summed E-state index contributed by atoms with van der Waals surface area (Å²) in [5, 5.41) is -7.51. The smallest absolute Gasteiger partial charge is 0.743 e. The Morgan fingerprint density at radius 3 is 1.38 bits per heavy atom. The Labute approximate surface area is 179 Å². The third kappa shape index (κ3) is 5.12. The number of hydrogen-bond acceptors (Lipinski definition) is 3. The summed E-state index contributed by atoms with van der Waals surface area (Å²) >= 11 is 0. The van der Waals surface area contributed by atoms with Gasteiger partial charge in [-0.05, 0) is 6.42 Å². The van der Waals surface area contributed by atoms with Gasteiger partial charge in [0.05, 0.1) is 0 Å². The van der Waals surface area contributed by atoms with Gasteiger partial charge in [0.15, 0.2) is 10.1 Å². The van der Waals surface area contributed by atoms with Gasteiger partial charge in [-0.25, -0.2) is 8.42 Å². The van der Waals surface area contributed by atoms with Crippen molar-refractivity contribution in [2.75, 3.05) is 0 Å². The number of halogens is 12. The summed E-state index contributed by atoms with van der Waals surface area (Å²) in [5.74, 6) is -37.2. The second-order valence-electron chi connectivity index (χ2n) is 5.78. The van der Waals surface area contributed by atoms with E-state index in [4.69, 9.17) is 0 Å². The first-order valence-electron chi connectivity index (χ1n) is 7.28. The molecular formula is C12H13F12NaO3S. The summed E-state index contributed by atoms with van der Waals surface area (Å²) in [6.45, 7) is 1.52. The summed E-state index contributed by atoms with van der Waals surface area (Å²) in [6.07, 6.45) is -2.89. The fraction of sp³-hybridized carbons (Fsp3) is 1.00. The van der Waals surface area contributed by atoms with Gasteiger partial charge >= 0.3 is 64.4 Å². The van der Waals surface area contributed by atoms with Crippen molar-refractivity contribution in [1.29, 1.82) is 0 Å². The quantitative estimate of drug-likeness (QED) is 0.194. The normalized spacial score (nSPS) is 15.2. The molecular weight excluding hydrogens is 475 g/mol. The minimum atomic E-state index is -8.06. The molecule has 17 heteroatoms. The molecule has 0 heterocycles. The van der Waals surface area contributed by atoms with Gasteiger partial charge in [0, 0.05) is 6.42 Å². The Kier molecular flexibility index (Phi) is 10.0. The van der Waals surface area contributed by atoms with Crippen LogP contribution in [-0.2, 0) is 10.1 Å². The molecule has 0 aliphatic rings. The Balaban J connectivity index is 0. The van der Waals surface area contributed by atoms with Crippen LogP contribution in [0.15, 0.2) is 0 Å². The van der Waals surface area contributed by atoms with E-state index in [1.54, 1.807) is 0 Å². The summed E-state index contributed by atoms with van der Waals surface area (Å²) < 4.78 is 189. The third-order valence-electron chi connectivity index (χ3n) is 3.67. The van der Waals surface area contributed by atoms with Crippen molar-refractivity contribution < 1.29 is 95.2 Å². The topological polar surface area (TPSA) is 57.2 Å². The van der Waals surface area contributed by atoms with E-state index in [-0.39, 0.29) is 42.4 Å². The minimum absolute atomic E-state index is 0. The molecule has 0 aromatic heterocycles. The van der Waals surface area contributed by atoms with Gasteiger partial charge in [0.25, 0.3) is 0 Å². The third-order valence-corrected chi connectivity index (χ3v) is 4.55. The summed E-state index contributed by atoms with van der Waals surface area (Å²) in [7, 11) is -7.78. The molecule has 0 spiro atoms. The van der Waals surface area contributed by atoms with Crippen LogP contribution in [0.25, 0.3) is 0 Å². The molecule has 0 radical (unpaired) electrons. The van der Waals surface area contributed by atoms with Crippen LogP contribution < -0.4 is 29.6 Å². The maximum absolute atomic E-state index is 13.4. The molecule has 0 rings (SSSR count). The molecule has 0 saturated carbocycles. The largest absolute Gasteiger partial charge is 1.00 e. The van der Waals surface area contributed by atoms with Crippen molar-refractivity contribution in [3.05, 3.63) is 0 Å². The number of alkyl halides is 12. The summed E-state index contributed by atoms with van der Waals surface area (Å²) in [5.41, 5.74) is 0. The molecule has 0 fully saturated rings. The predicted molar refractivity (Wildman–Crippen MR) is 68.1 cm³/mol. The molecule has 0 unspecified atom stereocenters. The summed E-state index contributed by atoms with van der Waals surface area (Å²) in [4.78, 5) is 0. The fourth-order valence-electron chi connectivity index (χ4n) is 1.89. The van der Waals surface area contributed by atoms with Crippen LogP contribution in [0.4, 0.5) is 52.7 Å². The predicted octanol–water partition coefficient (Wildman–Crippen LogP) is 2.28. The van der Waals surface area contributed by atoms with E-state index in [0.29, 0.717) is 6.42 Å². The van der Waals surface area contributed by atoms with Crippen LogP contribution in [0, 0.1) is 0 Å². The molecule has 0 N–H and O–H groups in total.